The third-order valence-corrected chi connectivity index (χ3v) is 6.53. The van der Waals surface area contributed by atoms with Crippen LogP contribution in [0.5, 0.6) is 0 Å². The average Bonchev–Trinajstić information content (AvgIpc) is 2.87. The van der Waals surface area contributed by atoms with Crippen LogP contribution in [0.3, 0.4) is 0 Å². The highest BCUT2D eigenvalue weighted by molar-refractivity contribution is 7.53. The smallest absolute Gasteiger partial charge is 0.327 e. The van der Waals surface area contributed by atoms with E-state index in [2.05, 4.69) is 0 Å². The molecule has 0 spiro atoms. The van der Waals surface area contributed by atoms with Gasteiger partial charge in [0.15, 0.2) is 0 Å². The molecule has 0 amide bonds. The maximum Gasteiger partial charge on any atom is 0.327 e. The van der Waals surface area contributed by atoms with Gasteiger partial charge in [-0.05, 0) is 0 Å². The molecule has 0 aromatic heterocycles. The standard InChI is InChI=1S/C13H30BNO9P2/c1-18-7-9(6-15)22-12-11(24-26(5,17)20-3)10(23-13(12)14)8-21-25(4,16)19-2/h9-13H,6-8,14-15H2,1-5H3/t9?,10-,11+,12?,13-,25?,26?/m1/s1. The molecule has 0 saturated carbocycles. The molecule has 1 aliphatic rings. The fraction of sp³-hybridized carbons (Fsp3) is 1.00. The molecule has 0 aromatic rings. The summed E-state index contributed by atoms with van der Waals surface area (Å²) in [7, 11) is -0.637. The van der Waals surface area contributed by atoms with Crippen molar-refractivity contribution in [3.8, 4) is 0 Å². The molecule has 26 heavy (non-hydrogen) atoms. The summed E-state index contributed by atoms with van der Waals surface area (Å²) in [6.45, 7) is 3.12. The maximum absolute atomic E-state index is 12.3. The molecular weight excluding hydrogens is 387 g/mol. The molecule has 0 radical (unpaired) electrons. The van der Waals surface area contributed by atoms with Crippen LogP contribution in [-0.4, -0.2) is 92.7 Å². The molecule has 4 unspecified atom stereocenters. The van der Waals surface area contributed by atoms with Gasteiger partial charge < -0.3 is 33.5 Å². The highest BCUT2D eigenvalue weighted by Gasteiger charge is 2.48. The Kier molecular flexibility index (Phi) is 9.95. The van der Waals surface area contributed by atoms with Crippen molar-refractivity contribution in [2.75, 3.05) is 54.4 Å². The van der Waals surface area contributed by atoms with Gasteiger partial charge in [-0.2, -0.15) is 0 Å². The normalized spacial score (nSPS) is 32.1. The van der Waals surface area contributed by atoms with E-state index >= 15 is 0 Å². The first-order valence-corrected chi connectivity index (χ1v) is 12.2. The van der Waals surface area contributed by atoms with Crippen LogP contribution in [0.25, 0.3) is 0 Å². The van der Waals surface area contributed by atoms with Crippen LogP contribution in [0.2, 0.25) is 0 Å². The van der Waals surface area contributed by atoms with E-state index < -0.39 is 45.6 Å². The number of hydrogen-bond acceptors (Lipinski definition) is 10. The predicted octanol–water partition coefficient (Wildman–Crippen LogP) is 0.0437. The van der Waals surface area contributed by atoms with Crippen molar-refractivity contribution in [3.63, 3.8) is 0 Å². The molecule has 1 aliphatic heterocycles. The predicted molar refractivity (Wildman–Crippen MR) is 98.7 cm³/mol. The second-order valence-corrected chi connectivity index (χ2v) is 10.4. The van der Waals surface area contributed by atoms with Gasteiger partial charge in [0.2, 0.25) is 0 Å². The van der Waals surface area contributed by atoms with Crippen molar-refractivity contribution in [1.82, 2.24) is 0 Å². The molecule has 13 heteroatoms. The first kappa shape index (κ1) is 24.2. The SMILES string of the molecule is B[C@@H]1O[C@H](COP(C)(=O)OC)[C@H](OP(C)(=O)OC)C1OC(CN)COC. The van der Waals surface area contributed by atoms with Crippen molar-refractivity contribution >= 4 is 23.0 Å². The zero-order chi connectivity index (χ0) is 20.0. The van der Waals surface area contributed by atoms with Crippen LogP contribution in [0.4, 0.5) is 0 Å². The van der Waals surface area contributed by atoms with E-state index in [4.69, 9.17) is 38.0 Å². The molecule has 10 nitrogen and oxygen atoms in total. The Balaban J connectivity index is 2.95. The van der Waals surface area contributed by atoms with Gasteiger partial charge in [0.1, 0.15) is 26.2 Å². The molecule has 1 saturated heterocycles. The highest BCUT2D eigenvalue weighted by atomic mass is 31.2. The second kappa shape index (κ2) is 10.7. The van der Waals surface area contributed by atoms with Gasteiger partial charge in [-0.3, -0.25) is 13.7 Å². The summed E-state index contributed by atoms with van der Waals surface area (Å²) in [6, 6.07) is -0.407. The molecule has 1 heterocycles. The van der Waals surface area contributed by atoms with Crippen LogP contribution in [0.15, 0.2) is 0 Å². The summed E-state index contributed by atoms with van der Waals surface area (Å²) in [6.07, 6.45) is -2.43. The van der Waals surface area contributed by atoms with Gasteiger partial charge >= 0.3 is 15.2 Å². The molecule has 0 aliphatic carbocycles. The maximum atomic E-state index is 12.3. The summed E-state index contributed by atoms with van der Waals surface area (Å²) in [5.74, 6) is 0. The van der Waals surface area contributed by atoms with Crippen LogP contribution < -0.4 is 5.73 Å². The molecule has 7 atom stereocenters. The fourth-order valence-corrected chi connectivity index (χ4v) is 3.76. The summed E-state index contributed by atoms with van der Waals surface area (Å²) < 4.78 is 61.9. The van der Waals surface area contributed by atoms with E-state index in [0.717, 1.165) is 0 Å². The van der Waals surface area contributed by atoms with E-state index in [9.17, 15) is 9.13 Å². The van der Waals surface area contributed by atoms with Crippen molar-refractivity contribution in [3.05, 3.63) is 0 Å². The van der Waals surface area contributed by atoms with Crippen LogP contribution in [0, 0.1) is 0 Å². The Labute approximate surface area is 155 Å². The Morgan fingerprint density at radius 1 is 1.12 bits per heavy atom. The lowest BCUT2D eigenvalue weighted by atomic mass is 9.92. The van der Waals surface area contributed by atoms with Crippen LogP contribution in [-0.2, 0) is 41.4 Å². The van der Waals surface area contributed by atoms with Gasteiger partial charge in [-0.25, -0.2) is 0 Å². The third kappa shape index (κ3) is 7.32. The molecular formula is C13H30BNO9P2. The summed E-state index contributed by atoms with van der Waals surface area (Å²) in [4.78, 5) is 0. The first-order chi connectivity index (χ1) is 12.1. The largest absolute Gasteiger partial charge is 0.382 e. The van der Waals surface area contributed by atoms with Gasteiger partial charge in [0, 0.05) is 41.2 Å². The Bertz CT molecular complexity index is 526. The quantitative estimate of drug-likeness (QED) is 0.344. The first-order valence-electron chi connectivity index (χ1n) is 8.18. The lowest BCUT2D eigenvalue weighted by Crippen LogP contribution is -2.43. The Morgan fingerprint density at radius 3 is 2.23 bits per heavy atom. The highest BCUT2D eigenvalue weighted by Crippen LogP contribution is 2.48. The van der Waals surface area contributed by atoms with Crippen molar-refractivity contribution in [2.45, 2.75) is 30.4 Å². The zero-order valence-corrected chi connectivity index (χ0v) is 17.9. The monoisotopic (exact) mass is 417 g/mol. The summed E-state index contributed by atoms with van der Waals surface area (Å²) in [5, 5.41) is 0. The minimum Gasteiger partial charge on any atom is -0.382 e. The van der Waals surface area contributed by atoms with Crippen LogP contribution in [0.1, 0.15) is 0 Å². The number of ether oxygens (including phenoxy) is 3. The minimum absolute atomic E-state index is 0.0855. The van der Waals surface area contributed by atoms with E-state index in [1.165, 1.54) is 27.5 Å². The zero-order valence-electron chi connectivity index (χ0n) is 16.2. The summed E-state index contributed by atoms with van der Waals surface area (Å²) in [5.41, 5.74) is 5.71. The van der Waals surface area contributed by atoms with E-state index in [1.807, 2.05) is 0 Å². The topological polar surface area (TPSA) is 125 Å². The number of nitrogens with two attached hydrogens (primary N) is 1. The van der Waals surface area contributed by atoms with Crippen molar-refractivity contribution < 1.29 is 41.4 Å². The van der Waals surface area contributed by atoms with E-state index in [0.29, 0.717) is 0 Å². The average molecular weight is 417 g/mol. The second-order valence-electron chi connectivity index (χ2n) is 6.07. The summed E-state index contributed by atoms with van der Waals surface area (Å²) >= 11 is 0. The Hall–Kier alpha value is 0.205. The lowest BCUT2D eigenvalue weighted by Gasteiger charge is -2.29. The van der Waals surface area contributed by atoms with E-state index in [1.54, 1.807) is 15.0 Å². The van der Waals surface area contributed by atoms with Gasteiger partial charge in [0.05, 0.1) is 25.3 Å². The molecule has 154 valence electrons. The minimum atomic E-state index is -3.34. The number of hydrogen-bond donors (Lipinski definition) is 1. The molecule has 0 bridgehead atoms. The van der Waals surface area contributed by atoms with Gasteiger partial charge in [0.25, 0.3) is 0 Å². The molecule has 1 rings (SSSR count). The van der Waals surface area contributed by atoms with Crippen molar-refractivity contribution in [1.29, 1.82) is 0 Å². The lowest BCUT2D eigenvalue weighted by molar-refractivity contribution is -0.0792. The van der Waals surface area contributed by atoms with E-state index in [-0.39, 0.29) is 19.8 Å². The molecule has 0 aromatic carbocycles. The van der Waals surface area contributed by atoms with Crippen molar-refractivity contribution in [2.24, 2.45) is 5.73 Å². The fourth-order valence-electron chi connectivity index (χ4n) is 2.46. The Morgan fingerprint density at radius 2 is 1.73 bits per heavy atom. The van der Waals surface area contributed by atoms with Crippen LogP contribution >= 0.6 is 15.2 Å². The molecule has 2 N–H and O–H groups in total. The number of methoxy groups -OCH3 is 1. The van der Waals surface area contributed by atoms with Gasteiger partial charge in [-0.15, -0.1) is 0 Å². The molecule has 1 fully saturated rings. The van der Waals surface area contributed by atoms with Gasteiger partial charge in [-0.1, -0.05) is 0 Å². The third-order valence-electron chi connectivity index (χ3n) is 3.96. The number of rotatable bonds is 12.